The van der Waals surface area contributed by atoms with Gasteiger partial charge in [0.1, 0.15) is 0 Å². The molecular weight excluding hydrogens is 917 g/mol. The molecule has 0 fully saturated rings. The van der Waals surface area contributed by atoms with Crippen LogP contribution in [0.1, 0.15) is 49.9 Å². The predicted molar refractivity (Wildman–Crippen MR) is 322 cm³/mol. The Balaban J connectivity index is 0.946. The molecule has 2 nitrogen and oxygen atoms in total. The first-order valence-corrected chi connectivity index (χ1v) is 26.7. The highest BCUT2D eigenvalue weighted by atomic mass is 15.2. The van der Waals surface area contributed by atoms with Gasteiger partial charge in [0.25, 0.3) is 0 Å². The van der Waals surface area contributed by atoms with Gasteiger partial charge in [0.2, 0.25) is 0 Å². The fraction of sp³-hybridized carbons (Fsp3) is 0.0811. The standard InChI is InChI=1S/C74H56N2/c1-73(2)67-35-17-15-29-59(67)61-43-41-57(47-69(61)73)75(55-27-19-25-52(45-55)49-21-7-5-8-22-49)54-39-37-51(38-40-54)71-63-31-11-13-33-65(63)72(66-34-14-12-32-64(66)71)76(56-28-20-26-53(46-56)50-23-9-6-10-24-50)58-42-44-62-60-30-16-18-36-68(60)74(3,4)70(62)48-58/h5-48H,1-4H3. The van der Waals surface area contributed by atoms with E-state index in [1.807, 2.05) is 0 Å². The van der Waals surface area contributed by atoms with Gasteiger partial charge in [-0.1, -0.05) is 234 Å². The van der Waals surface area contributed by atoms with Crippen LogP contribution in [0.5, 0.6) is 0 Å². The van der Waals surface area contributed by atoms with Gasteiger partial charge in [-0.05, 0) is 149 Å². The van der Waals surface area contributed by atoms with E-state index in [1.54, 1.807) is 0 Å². The van der Waals surface area contributed by atoms with Crippen LogP contribution in [-0.2, 0) is 10.8 Å². The second-order valence-corrected chi connectivity index (χ2v) is 21.7. The van der Waals surface area contributed by atoms with E-state index in [1.165, 1.54) is 99.4 Å². The molecule has 0 aliphatic heterocycles. The Morgan fingerprint density at radius 1 is 0.237 bits per heavy atom. The Kier molecular flexibility index (Phi) is 10.6. The van der Waals surface area contributed by atoms with E-state index < -0.39 is 0 Å². The van der Waals surface area contributed by atoms with Gasteiger partial charge >= 0.3 is 0 Å². The Morgan fingerprint density at radius 2 is 0.605 bits per heavy atom. The molecule has 0 spiro atoms. The van der Waals surface area contributed by atoms with Crippen molar-refractivity contribution < 1.29 is 0 Å². The third kappa shape index (κ3) is 7.23. The first-order valence-electron chi connectivity index (χ1n) is 26.7. The number of hydrogen-bond acceptors (Lipinski definition) is 2. The molecule has 0 aromatic heterocycles. The molecule has 0 bridgehead atoms. The molecule has 14 rings (SSSR count). The number of anilines is 6. The summed E-state index contributed by atoms with van der Waals surface area (Å²) >= 11 is 0. The molecule has 2 aliphatic carbocycles. The second kappa shape index (κ2) is 17.7. The molecule has 0 saturated carbocycles. The van der Waals surface area contributed by atoms with Gasteiger partial charge < -0.3 is 9.80 Å². The van der Waals surface area contributed by atoms with Crippen molar-refractivity contribution in [3.8, 4) is 55.6 Å². The summed E-state index contributed by atoms with van der Waals surface area (Å²) in [4.78, 5) is 4.97. The van der Waals surface area contributed by atoms with Crippen LogP contribution in [0, 0.1) is 0 Å². The highest BCUT2D eigenvalue weighted by Gasteiger charge is 2.37. The van der Waals surface area contributed by atoms with Crippen molar-refractivity contribution >= 4 is 55.7 Å². The summed E-state index contributed by atoms with van der Waals surface area (Å²) in [5, 5.41) is 4.79. The van der Waals surface area contributed by atoms with Gasteiger partial charge in [0.15, 0.2) is 0 Å². The number of nitrogens with zero attached hydrogens (tertiary/aromatic N) is 2. The number of benzene rings is 12. The zero-order valence-electron chi connectivity index (χ0n) is 43.3. The van der Waals surface area contributed by atoms with Crippen molar-refractivity contribution in [2.45, 2.75) is 38.5 Å². The van der Waals surface area contributed by atoms with Crippen LogP contribution < -0.4 is 9.80 Å². The van der Waals surface area contributed by atoms with Crippen molar-refractivity contribution in [1.29, 1.82) is 0 Å². The quantitative estimate of drug-likeness (QED) is 0.133. The van der Waals surface area contributed by atoms with E-state index in [4.69, 9.17) is 0 Å². The summed E-state index contributed by atoms with van der Waals surface area (Å²) in [6.07, 6.45) is 0. The molecule has 0 amide bonds. The van der Waals surface area contributed by atoms with Crippen molar-refractivity contribution in [3.05, 3.63) is 289 Å². The minimum absolute atomic E-state index is 0.138. The zero-order valence-corrected chi connectivity index (χ0v) is 43.3. The fourth-order valence-corrected chi connectivity index (χ4v) is 12.9. The third-order valence-electron chi connectivity index (χ3n) is 16.6. The molecule has 76 heavy (non-hydrogen) atoms. The summed E-state index contributed by atoms with van der Waals surface area (Å²) in [7, 11) is 0. The number of rotatable bonds is 9. The van der Waals surface area contributed by atoms with E-state index in [0.717, 1.165) is 34.1 Å². The maximum Gasteiger partial charge on any atom is 0.0618 e. The van der Waals surface area contributed by atoms with Crippen molar-refractivity contribution in [1.82, 2.24) is 0 Å². The van der Waals surface area contributed by atoms with Gasteiger partial charge in [-0.2, -0.15) is 0 Å². The maximum atomic E-state index is 2.53. The van der Waals surface area contributed by atoms with Crippen molar-refractivity contribution in [2.24, 2.45) is 0 Å². The molecule has 0 N–H and O–H groups in total. The zero-order chi connectivity index (χ0) is 51.1. The minimum atomic E-state index is -0.164. The molecular formula is C74H56N2. The number of fused-ring (bicyclic) bond motifs is 8. The molecule has 12 aromatic carbocycles. The SMILES string of the molecule is CC1(C)c2ccccc2-c2ccc(N(c3ccc(-c4c5ccccc5c(N(c5cccc(-c6ccccc6)c5)c5ccc6c(c5)C(C)(C)c5ccccc5-6)c5ccccc45)cc3)c3cccc(-c4ccccc4)c3)cc21. The monoisotopic (exact) mass is 972 g/mol. The first kappa shape index (κ1) is 45.4. The Labute approximate surface area is 446 Å². The highest BCUT2D eigenvalue weighted by Crippen LogP contribution is 2.54. The highest BCUT2D eigenvalue weighted by molar-refractivity contribution is 6.22. The van der Waals surface area contributed by atoms with Gasteiger partial charge in [-0.25, -0.2) is 0 Å². The average Bonchev–Trinajstić information content (AvgIpc) is 4.00. The number of hydrogen-bond donors (Lipinski definition) is 0. The van der Waals surface area contributed by atoms with E-state index in [-0.39, 0.29) is 10.8 Å². The summed E-state index contributed by atoms with van der Waals surface area (Å²) < 4.78 is 0. The first-order chi connectivity index (χ1) is 37.2. The van der Waals surface area contributed by atoms with Crippen LogP contribution in [0.4, 0.5) is 34.1 Å². The van der Waals surface area contributed by atoms with Crippen LogP contribution in [0.15, 0.2) is 267 Å². The average molecular weight is 973 g/mol. The van der Waals surface area contributed by atoms with Crippen LogP contribution in [0.25, 0.3) is 77.2 Å². The molecule has 2 heteroatoms. The molecule has 0 radical (unpaired) electrons. The van der Waals surface area contributed by atoms with Crippen LogP contribution in [0.2, 0.25) is 0 Å². The van der Waals surface area contributed by atoms with Crippen LogP contribution in [0.3, 0.4) is 0 Å². The summed E-state index contributed by atoms with van der Waals surface area (Å²) in [5.74, 6) is 0. The molecule has 362 valence electrons. The van der Waals surface area contributed by atoms with Crippen molar-refractivity contribution in [3.63, 3.8) is 0 Å². The Hall–Kier alpha value is -9.24. The van der Waals surface area contributed by atoms with Gasteiger partial charge in [0.05, 0.1) is 5.69 Å². The predicted octanol–water partition coefficient (Wildman–Crippen LogP) is 20.5. The van der Waals surface area contributed by atoms with Crippen LogP contribution >= 0.6 is 0 Å². The van der Waals surface area contributed by atoms with Gasteiger partial charge in [-0.15, -0.1) is 0 Å². The summed E-state index contributed by atoms with van der Waals surface area (Å²) in [5.41, 5.74) is 24.3. The normalized spacial score (nSPS) is 13.5. The second-order valence-electron chi connectivity index (χ2n) is 21.7. The topological polar surface area (TPSA) is 6.48 Å². The Bertz CT molecular complexity index is 4170. The van der Waals surface area contributed by atoms with E-state index in [9.17, 15) is 0 Å². The van der Waals surface area contributed by atoms with E-state index in [2.05, 4.69) is 304 Å². The Morgan fingerprint density at radius 3 is 1.11 bits per heavy atom. The molecule has 12 aromatic rings. The van der Waals surface area contributed by atoms with Gasteiger partial charge in [-0.3, -0.25) is 0 Å². The van der Waals surface area contributed by atoms with E-state index >= 15 is 0 Å². The lowest BCUT2D eigenvalue weighted by atomic mass is 9.82. The summed E-state index contributed by atoms with van der Waals surface area (Å²) in [6.45, 7) is 9.48. The summed E-state index contributed by atoms with van der Waals surface area (Å²) in [6, 6.07) is 99.0. The smallest absolute Gasteiger partial charge is 0.0618 e. The molecule has 2 aliphatic rings. The lowest BCUT2D eigenvalue weighted by molar-refractivity contribution is 0.660. The fourth-order valence-electron chi connectivity index (χ4n) is 12.9. The lowest BCUT2D eigenvalue weighted by Crippen LogP contribution is -2.17. The molecule has 0 saturated heterocycles. The maximum absolute atomic E-state index is 2.53. The van der Waals surface area contributed by atoms with Crippen LogP contribution in [-0.4, -0.2) is 0 Å². The van der Waals surface area contributed by atoms with Gasteiger partial charge in [0, 0.05) is 50.0 Å². The van der Waals surface area contributed by atoms with E-state index in [0.29, 0.717) is 0 Å². The largest absolute Gasteiger partial charge is 0.310 e. The molecule has 0 unspecified atom stereocenters. The third-order valence-corrected chi connectivity index (χ3v) is 16.6. The molecule has 0 atom stereocenters. The van der Waals surface area contributed by atoms with Crippen molar-refractivity contribution in [2.75, 3.05) is 9.80 Å². The lowest BCUT2D eigenvalue weighted by Gasteiger charge is -2.31. The molecule has 0 heterocycles. The minimum Gasteiger partial charge on any atom is -0.310 e.